The lowest BCUT2D eigenvalue weighted by Crippen LogP contribution is -2.50. The number of nitrogens with zero attached hydrogens (tertiary/aromatic N) is 3. The van der Waals surface area contributed by atoms with E-state index < -0.39 is 0 Å². The van der Waals surface area contributed by atoms with Gasteiger partial charge in [-0.15, -0.1) is 0 Å². The zero-order valence-corrected chi connectivity index (χ0v) is 16.5. The number of piperazine rings is 1. The fraction of sp³-hybridized carbons (Fsp3) is 0.391. The van der Waals surface area contributed by atoms with Crippen LogP contribution in [0.15, 0.2) is 54.6 Å². The van der Waals surface area contributed by atoms with E-state index in [-0.39, 0.29) is 18.6 Å². The number of hydrogen-bond acceptors (Lipinski definition) is 4. The standard InChI is InChI=1S/C23H27N3O2/c1-18(2)20-9-6-10-21(15-20)28-17-23(27)26-13-11-25(12-14-26)22(16-24)19-7-4-3-5-8-19/h3-10,15,18,22H,11-14,17H2,1-2H3. The molecule has 1 aliphatic rings. The van der Waals surface area contributed by atoms with Gasteiger partial charge in [-0.2, -0.15) is 5.26 Å². The van der Waals surface area contributed by atoms with Crippen LogP contribution in [0.3, 0.4) is 0 Å². The molecule has 2 aromatic carbocycles. The summed E-state index contributed by atoms with van der Waals surface area (Å²) >= 11 is 0. The zero-order chi connectivity index (χ0) is 19.9. The van der Waals surface area contributed by atoms with Crippen LogP contribution in [0.25, 0.3) is 0 Å². The van der Waals surface area contributed by atoms with Crippen molar-refractivity contribution in [2.24, 2.45) is 0 Å². The van der Waals surface area contributed by atoms with Crippen molar-refractivity contribution in [3.63, 3.8) is 0 Å². The molecular formula is C23H27N3O2. The summed E-state index contributed by atoms with van der Waals surface area (Å²) in [7, 11) is 0. The Morgan fingerprint density at radius 2 is 1.71 bits per heavy atom. The molecule has 146 valence electrons. The molecule has 2 aromatic rings. The second-order valence-electron chi connectivity index (χ2n) is 7.37. The van der Waals surface area contributed by atoms with Gasteiger partial charge in [0.2, 0.25) is 0 Å². The second kappa shape index (κ2) is 9.38. The Hall–Kier alpha value is -2.84. The van der Waals surface area contributed by atoms with Crippen molar-refractivity contribution in [1.82, 2.24) is 9.80 Å². The minimum Gasteiger partial charge on any atom is -0.484 e. The Labute approximate surface area is 167 Å². The zero-order valence-electron chi connectivity index (χ0n) is 16.5. The van der Waals surface area contributed by atoms with Gasteiger partial charge in [-0.1, -0.05) is 56.3 Å². The van der Waals surface area contributed by atoms with Crippen molar-refractivity contribution in [3.8, 4) is 11.8 Å². The normalized spacial score (nSPS) is 15.9. The summed E-state index contributed by atoms with van der Waals surface area (Å²) < 4.78 is 5.72. The first-order chi connectivity index (χ1) is 13.6. The molecule has 0 spiro atoms. The number of nitriles is 1. The van der Waals surface area contributed by atoms with Gasteiger partial charge in [-0.05, 0) is 29.2 Å². The number of rotatable bonds is 6. The van der Waals surface area contributed by atoms with Crippen LogP contribution in [0.2, 0.25) is 0 Å². The second-order valence-corrected chi connectivity index (χ2v) is 7.37. The van der Waals surface area contributed by atoms with E-state index in [4.69, 9.17) is 4.74 Å². The summed E-state index contributed by atoms with van der Waals surface area (Å²) in [6.45, 7) is 6.89. The Morgan fingerprint density at radius 3 is 2.36 bits per heavy atom. The highest BCUT2D eigenvalue weighted by molar-refractivity contribution is 5.77. The SMILES string of the molecule is CC(C)c1cccc(OCC(=O)N2CCN(C(C#N)c3ccccc3)CC2)c1. The third-order valence-electron chi connectivity index (χ3n) is 5.16. The molecule has 28 heavy (non-hydrogen) atoms. The largest absolute Gasteiger partial charge is 0.484 e. The number of amides is 1. The third kappa shape index (κ3) is 4.90. The number of benzene rings is 2. The summed E-state index contributed by atoms with van der Waals surface area (Å²) in [4.78, 5) is 16.5. The molecule has 1 atom stereocenters. The summed E-state index contributed by atoms with van der Waals surface area (Å²) in [5, 5.41) is 9.59. The molecule has 0 N–H and O–H groups in total. The maximum atomic E-state index is 12.5. The van der Waals surface area contributed by atoms with Gasteiger partial charge in [0.05, 0.1) is 6.07 Å². The molecule has 1 unspecified atom stereocenters. The molecule has 1 saturated heterocycles. The monoisotopic (exact) mass is 377 g/mol. The fourth-order valence-electron chi connectivity index (χ4n) is 3.43. The molecule has 1 aliphatic heterocycles. The average molecular weight is 377 g/mol. The Kier molecular flexibility index (Phi) is 6.67. The number of ether oxygens (including phenoxy) is 1. The molecule has 5 nitrogen and oxygen atoms in total. The minimum atomic E-state index is -0.270. The van der Waals surface area contributed by atoms with Gasteiger partial charge in [0.25, 0.3) is 5.91 Å². The van der Waals surface area contributed by atoms with Crippen molar-refractivity contribution >= 4 is 5.91 Å². The van der Waals surface area contributed by atoms with Gasteiger partial charge >= 0.3 is 0 Å². The molecule has 0 radical (unpaired) electrons. The predicted octanol–water partition coefficient (Wildman–Crippen LogP) is 3.60. The molecular weight excluding hydrogens is 350 g/mol. The highest BCUT2D eigenvalue weighted by atomic mass is 16.5. The van der Waals surface area contributed by atoms with Crippen molar-refractivity contribution in [3.05, 3.63) is 65.7 Å². The molecule has 0 aromatic heterocycles. The first kappa shape index (κ1) is 19.9. The van der Waals surface area contributed by atoms with Gasteiger partial charge < -0.3 is 9.64 Å². The topological polar surface area (TPSA) is 56.6 Å². The first-order valence-corrected chi connectivity index (χ1v) is 9.77. The lowest BCUT2D eigenvalue weighted by molar-refractivity contribution is -0.135. The van der Waals surface area contributed by atoms with Crippen LogP contribution in [0.1, 0.15) is 36.9 Å². The molecule has 5 heteroatoms. The molecule has 0 saturated carbocycles. The van der Waals surface area contributed by atoms with Crippen molar-refractivity contribution < 1.29 is 9.53 Å². The number of carbonyl (C=O) groups excluding carboxylic acids is 1. The first-order valence-electron chi connectivity index (χ1n) is 9.77. The van der Waals surface area contributed by atoms with Crippen LogP contribution in [0.4, 0.5) is 0 Å². The fourth-order valence-corrected chi connectivity index (χ4v) is 3.43. The highest BCUT2D eigenvalue weighted by Gasteiger charge is 2.27. The summed E-state index contributed by atoms with van der Waals surface area (Å²) in [5.74, 6) is 1.14. The summed E-state index contributed by atoms with van der Waals surface area (Å²) in [6.07, 6.45) is 0. The van der Waals surface area contributed by atoms with Crippen molar-refractivity contribution in [2.75, 3.05) is 32.8 Å². The smallest absolute Gasteiger partial charge is 0.260 e. The number of carbonyl (C=O) groups is 1. The average Bonchev–Trinajstić information content (AvgIpc) is 2.74. The number of hydrogen-bond donors (Lipinski definition) is 0. The van der Waals surface area contributed by atoms with E-state index in [2.05, 4.69) is 30.9 Å². The van der Waals surface area contributed by atoms with Gasteiger partial charge in [0.15, 0.2) is 6.61 Å². The van der Waals surface area contributed by atoms with Gasteiger partial charge in [0, 0.05) is 26.2 Å². The van der Waals surface area contributed by atoms with Crippen molar-refractivity contribution in [2.45, 2.75) is 25.8 Å². The molecule has 1 amide bonds. The summed E-state index contributed by atoms with van der Waals surface area (Å²) in [6, 6.07) is 19.8. The van der Waals surface area contributed by atoms with E-state index in [1.54, 1.807) is 0 Å². The van der Waals surface area contributed by atoms with Gasteiger partial charge in [-0.3, -0.25) is 9.69 Å². The Bertz CT molecular complexity index is 821. The lowest BCUT2D eigenvalue weighted by atomic mass is 10.0. The highest BCUT2D eigenvalue weighted by Crippen LogP contribution is 2.22. The predicted molar refractivity (Wildman–Crippen MR) is 109 cm³/mol. The maximum Gasteiger partial charge on any atom is 0.260 e. The van der Waals surface area contributed by atoms with Gasteiger partial charge in [0.1, 0.15) is 11.8 Å². The van der Waals surface area contributed by atoms with Crippen LogP contribution < -0.4 is 4.74 Å². The lowest BCUT2D eigenvalue weighted by Gasteiger charge is -2.37. The van der Waals surface area contributed by atoms with Gasteiger partial charge in [-0.25, -0.2) is 0 Å². The van der Waals surface area contributed by atoms with E-state index in [1.807, 2.05) is 53.4 Å². The van der Waals surface area contributed by atoms with E-state index in [1.165, 1.54) is 5.56 Å². The van der Waals surface area contributed by atoms with E-state index >= 15 is 0 Å². The quantitative estimate of drug-likeness (QED) is 0.772. The molecule has 1 fully saturated rings. The van der Waals surface area contributed by atoms with Crippen LogP contribution in [-0.2, 0) is 4.79 Å². The maximum absolute atomic E-state index is 12.5. The van der Waals surface area contributed by atoms with E-state index in [0.717, 1.165) is 11.3 Å². The molecule has 0 bridgehead atoms. The molecule has 1 heterocycles. The Balaban J connectivity index is 1.51. The molecule has 0 aliphatic carbocycles. The van der Waals surface area contributed by atoms with Crippen LogP contribution >= 0.6 is 0 Å². The third-order valence-corrected chi connectivity index (χ3v) is 5.16. The summed E-state index contributed by atoms with van der Waals surface area (Å²) in [5.41, 5.74) is 2.19. The van der Waals surface area contributed by atoms with Crippen molar-refractivity contribution in [1.29, 1.82) is 5.26 Å². The van der Waals surface area contributed by atoms with Crippen LogP contribution in [0.5, 0.6) is 5.75 Å². The van der Waals surface area contributed by atoms with E-state index in [9.17, 15) is 10.1 Å². The van der Waals surface area contributed by atoms with Crippen LogP contribution in [0, 0.1) is 11.3 Å². The Morgan fingerprint density at radius 1 is 1.04 bits per heavy atom. The van der Waals surface area contributed by atoms with Crippen LogP contribution in [-0.4, -0.2) is 48.5 Å². The van der Waals surface area contributed by atoms with E-state index in [0.29, 0.717) is 32.1 Å². The molecule has 3 rings (SSSR count). The minimum absolute atomic E-state index is 0.0113.